The molecule has 4 N–H and O–H groups in total. The smallest absolute Gasteiger partial charge is 0.324 e. The number of nitrogens with zero attached hydrogens (tertiary/aromatic N) is 4. The van der Waals surface area contributed by atoms with E-state index in [-0.39, 0.29) is 65.3 Å². The second kappa shape index (κ2) is 21.5. The number of aryl methyl sites for hydroxylation is 2. The van der Waals surface area contributed by atoms with E-state index >= 15 is 0 Å². The van der Waals surface area contributed by atoms with Crippen molar-refractivity contribution < 1.29 is 55.1 Å². The SMILES string of the molecule is CC(=O)C(N=Nc1cccc(C(=O)Nc2cc(C(F)(F)F)ccc2Cl)c1Cl)C(=O)Nc1cc(C)c(NC(=O)C(N=Nc2cccc(C(=O)Nc3cc(C(F)(F)F)ccc3Cl)c2Cl)C(C)=O)c(C)c1. The Balaban J connectivity index is 1.27. The maximum atomic E-state index is 13.4. The predicted molar refractivity (Wildman–Crippen MR) is 243 cm³/mol. The van der Waals surface area contributed by atoms with Gasteiger partial charge in [-0.15, -0.1) is 0 Å². The molecule has 0 aliphatic rings. The fraction of sp³-hybridized carbons (Fsp3) is 0.182. The first kappa shape index (κ1) is 52.2. The van der Waals surface area contributed by atoms with Gasteiger partial charge >= 0.3 is 12.4 Å². The normalized spacial score (nSPS) is 12.7. The van der Waals surface area contributed by atoms with Crippen LogP contribution in [-0.4, -0.2) is 47.3 Å². The molecular weight excluding hydrogens is 992 g/mol. The van der Waals surface area contributed by atoms with Gasteiger partial charge in [-0.2, -0.15) is 46.8 Å². The zero-order valence-corrected chi connectivity index (χ0v) is 38.3. The van der Waals surface area contributed by atoms with Crippen molar-refractivity contribution in [1.29, 1.82) is 0 Å². The number of amides is 4. The van der Waals surface area contributed by atoms with E-state index in [4.69, 9.17) is 46.4 Å². The van der Waals surface area contributed by atoms with E-state index in [1.165, 1.54) is 48.5 Å². The second-order valence-corrected chi connectivity index (χ2v) is 16.1. The number of rotatable bonds is 14. The summed E-state index contributed by atoms with van der Waals surface area (Å²) in [4.78, 5) is 78.1. The minimum absolute atomic E-state index is 0.145. The summed E-state index contributed by atoms with van der Waals surface area (Å²) in [7, 11) is 0. The van der Waals surface area contributed by atoms with Gasteiger partial charge in [-0.3, -0.25) is 28.8 Å². The molecule has 5 aromatic rings. The zero-order valence-electron chi connectivity index (χ0n) is 35.3. The highest BCUT2D eigenvalue weighted by atomic mass is 35.5. The Bertz CT molecular complexity index is 2910. The number of nitrogens with one attached hydrogen (secondary N) is 4. The molecule has 2 unspecified atom stereocenters. The van der Waals surface area contributed by atoms with E-state index < -0.39 is 70.8 Å². The third-order valence-corrected chi connectivity index (χ3v) is 10.9. The van der Waals surface area contributed by atoms with Crippen LogP contribution in [0.1, 0.15) is 56.8 Å². The summed E-state index contributed by atoms with van der Waals surface area (Å²) in [5.74, 6) is -5.30. The molecule has 0 fully saturated rings. The largest absolute Gasteiger partial charge is 0.416 e. The highest BCUT2D eigenvalue weighted by Crippen LogP contribution is 2.37. The molecule has 24 heteroatoms. The number of benzene rings is 5. The molecule has 5 aromatic carbocycles. The van der Waals surface area contributed by atoms with Crippen LogP contribution in [0.2, 0.25) is 20.1 Å². The van der Waals surface area contributed by atoms with Gasteiger partial charge in [0, 0.05) is 11.4 Å². The molecule has 0 heterocycles. The van der Waals surface area contributed by atoms with Crippen LogP contribution in [0.3, 0.4) is 0 Å². The molecule has 2 atom stereocenters. The van der Waals surface area contributed by atoms with Gasteiger partial charge in [0.05, 0.1) is 53.7 Å². The molecule has 0 aliphatic heterocycles. The van der Waals surface area contributed by atoms with Crippen molar-refractivity contribution in [3.05, 3.63) is 138 Å². The number of hydrogen-bond donors (Lipinski definition) is 4. The van der Waals surface area contributed by atoms with Crippen molar-refractivity contribution in [2.45, 2.75) is 52.1 Å². The molecule has 0 radical (unpaired) electrons. The lowest BCUT2D eigenvalue weighted by atomic mass is 10.1. The molecular formula is C44H32Cl4F6N8O6. The zero-order chi connectivity index (χ0) is 50.4. The average molecular weight is 1020 g/mol. The minimum atomic E-state index is -4.72. The van der Waals surface area contributed by atoms with Gasteiger partial charge in [0.1, 0.15) is 11.4 Å². The van der Waals surface area contributed by atoms with Gasteiger partial charge in [0.2, 0.25) is 12.1 Å². The summed E-state index contributed by atoms with van der Waals surface area (Å²) in [6.45, 7) is 5.24. The molecule has 0 bridgehead atoms. The highest BCUT2D eigenvalue weighted by molar-refractivity contribution is 6.38. The lowest BCUT2D eigenvalue weighted by Crippen LogP contribution is -2.33. The summed E-state index contributed by atoms with van der Waals surface area (Å²) in [6.07, 6.45) is -9.44. The molecule has 0 saturated carbocycles. The molecule has 0 saturated heterocycles. The van der Waals surface area contributed by atoms with E-state index in [9.17, 15) is 55.1 Å². The van der Waals surface area contributed by atoms with Crippen LogP contribution in [0.25, 0.3) is 0 Å². The average Bonchev–Trinajstić information content (AvgIpc) is 3.23. The third kappa shape index (κ3) is 12.8. The third-order valence-electron chi connectivity index (χ3n) is 9.41. The lowest BCUT2D eigenvalue weighted by molar-refractivity contribution is -0.138. The molecule has 354 valence electrons. The Morgan fingerprint density at radius 1 is 0.529 bits per heavy atom. The van der Waals surface area contributed by atoms with Crippen LogP contribution in [0.4, 0.5) is 60.5 Å². The van der Waals surface area contributed by atoms with E-state index in [0.717, 1.165) is 38.1 Å². The molecule has 68 heavy (non-hydrogen) atoms. The molecule has 0 spiro atoms. The quantitative estimate of drug-likeness (QED) is 0.0484. The van der Waals surface area contributed by atoms with E-state index in [1.807, 2.05) is 0 Å². The van der Waals surface area contributed by atoms with Crippen LogP contribution in [-0.2, 0) is 31.5 Å². The maximum absolute atomic E-state index is 13.4. The van der Waals surface area contributed by atoms with Crippen LogP contribution in [0, 0.1) is 13.8 Å². The van der Waals surface area contributed by atoms with Crippen molar-refractivity contribution in [3.8, 4) is 0 Å². The summed E-state index contributed by atoms with van der Waals surface area (Å²) in [5.41, 5.74) is -2.60. The van der Waals surface area contributed by atoms with Gasteiger partial charge in [0.25, 0.3) is 23.6 Å². The molecule has 5 rings (SSSR count). The van der Waals surface area contributed by atoms with E-state index in [2.05, 4.69) is 41.7 Å². The van der Waals surface area contributed by atoms with Crippen LogP contribution < -0.4 is 21.3 Å². The number of hydrogen-bond acceptors (Lipinski definition) is 10. The Morgan fingerprint density at radius 3 is 1.28 bits per heavy atom. The van der Waals surface area contributed by atoms with Crippen molar-refractivity contribution in [2.75, 3.05) is 21.3 Å². The van der Waals surface area contributed by atoms with Gasteiger partial charge in [-0.05, 0) is 112 Å². The predicted octanol–water partition coefficient (Wildman–Crippen LogP) is 12.8. The summed E-state index contributed by atoms with van der Waals surface area (Å²) >= 11 is 24.8. The van der Waals surface area contributed by atoms with Gasteiger partial charge in [-0.25, -0.2) is 0 Å². The summed E-state index contributed by atoms with van der Waals surface area (Å²) in [5, 5.41) is 24.2. The topological polar surface area (TPSA) is 200 Å². The van der Waals surface area contributed by atoms with Gasteiger partial charge in [0.15, 0.2) is 11.6 Å². The standard InChI is InChI=1S/C44H32Cl4F6N8O6/c1-19-15-25(55-41(67)37(21(3)63)61-59-30-9-5-7-26(34(30)47)39(65)56-32-17-23(43(49,50)51)11-13-28(32)45)16-20(2)36(19)58-42(68)38(22(4)64)62-60-31-10-6-8-27(35(31)48)40(66)57-33-18-24(44(52,53)54)12-14-29(33)46/h5-18,37-38H,1-4H3,(H,55,67)(H,56,65)(H,57,66)(H,58,68). The Kier molecular flexibility index (Phi) is 16.5. The molecule has 0 aliphatic carbocycles. The van der Waals surface area contributed by atoms with Gasteiger partial charge in [-0.1, -0.05) is 58.5 Å². The van der Waals surface area contributed by atoms with Crippen molar-refractivity contribution in [1.82, 2.24) is 0 Å². The summed E-state index contributed by atoms with van der Waals surface area (Å²) < 4.78 is 79.5. The van der Waals surface area contributed by atoms with Crippen molar-refractivity contribution in [2.24, 2.45) is 20.5 Å². The maximum Gasteiger partial charge on any atom is 0.416 e. The first-order chi connectivity index (χ1) is 31.8. The van der Waals surface area contributed by atoms with Crippen LogP contribution >= 0.6 is 46.4 Å². The summed E-state index contributed by atoms with van der Waals surface area (Å²) in [6, 6.07) is 11.8. The van der Waals surface area contributed by atoms with Gasteiger partial charge < -0.3 is 21.3 Å². The molecule has 14 nitrogen and oxygen atoms in total. The number of azo groups is 2. The lowest BCUT2D eigenvalue weighted by Gasteiger charge is -2.17. The second-order valence-electron chi connectivity index (χ2n) is 14.5. The number of halogens is 10. The van der Waals surface area contributed by atoms with E-state index in [0.29, 0.717) is 23.3 Å². The first-order valence-corrected chi connectivity index (χ1v) is 20.8. The molecule has 0 aromatic heterocycles. The highest BCUT2D eigenvalue weighted by Gasteiger charge is 2.33. The fourth-order valence-corrected chi connectivity index (χ4v) is 6.86. The van der Waals surface area contributed by atoms with E-state index in [1.54, 1.807) is 13.8 Å². The Labute approximate surface area is 401 Å². The number of carbonyl (C=O) groups excluding carboxylic acids is 6. The van der Waals surface area contributed by atoms with Crippen molar-refractivity contribution >= 4 is 116 Å². The number of anilines is 4. The monoisotopic (exact) mass is 1020 g/mol. The number of Topliss-reactive ketones (excluding diaryl/α,β-unsaturated/α-hetero) is 2. The van der Waals surface area contributed by atoms with Crippen LogP contribution in [0.15, 0.2) is 105 Å². The number of carbonyl (C=O) groups is 6. The minimum Gasteiger partial charge on any atom is -0.324 e. The first-order valence-electron chi connectivity index (χ1n) is 19.3. The Hall–Kier alpha value is -6.74. The Morgan fingerprint density at radius 2 is 0.912 bits per heavy atom. The number of alkyl halides is 6. The van der Waals surface area contributed by atoms with Crippen molar-refractivity contribution in [3.63, 3.8) is 0 Å². The van der Waals surface area contributed by atoms with Crippen LogP contribution in [0.5, 0.6) is 0 Å². The fourth-order valence-electron chi connectivity index (χ4n) is 6.03. The number of ketones is 2. The molecule has 4 amide bonds.